The van der Waals surface area contributed by atoms with Crippen LogP contribution < -0.4 is 20.1 Å². The van der Waals surface area contributed by atoms with Gasteiger partial charge in [-0.05, 0) is 31.7 Å². The average Bonchev–Trinajstić information content (AvgIpc) is 2.55. The van der Waals surface area contributed by atoms with E-state index in [0.29, 0.717) is 19.0 Å². The SMILES string of the molecule is CSc1cc2c(cc1NC(=O)C1CCCNC1)OCCO2.Cl. The van der Waals surface area contributed by atoms with E-state index in [2.05, 4.69) is 10.6 Å². The molecule has 122 valence electrons. The normalized spacial score (nSPS) is 20.0. The highest BCUT2D eigenvalue weighted by Crippen LogP contribution is 2.39. The van der Waals surface area contributed by atoms with Gasteiger partial charge < -0.3 is 20.1 Å². The molecule has 1 atom stereocenters. The molecule has 1 aromatic rings. The fourth-order valence-electron chi connectivity index (χ4n) is 2.65. The fourth-order valence-corrected chi connectivity index (χ4v) is 3.20. The number of hydrogen-bond acceptors (Lipinski definition) is 5. The highest BCUT2D eigenvalue weighted by atomic mass is 35.5. The Morgan fingerprint density at radius 3 is 2.68 bits per heavy atom. The van der Waals surface area contributed by atoms with Crippen molar-refractivity contribution in [3.05, 3.63) is 12.1 Å². The molecule has 0 saturated carbocycles. The summed E-state index contributed by atoms with van der Waals surface area (Å²) in [6.45, 7) is 2.88. The van der Waals surface area contributed by atoms with Crippen molar-refractivity contribution < 1.29 is 14.3 Å². The lowest BCUT2D eigenvalue weighted by atomic mass is 9.99. The van der Waals surface area contributed by atoms with Crippen molar-refractivity contribution in [1.82, 2.24) is 5.32 Å². The number of carbonyl (C=O) groups excluding carboxylic acids is 1. The van der Waals surface area contributed by atoms with E-state index in [1.807, 2.05) is 18.4 Å². The van der Waals surface area contributed by atoms with Gasteiger partial charge in [0.05, 0.1) is 11.6 Å². The summed E-state index contributed by atoms with van der Waals surface area (Å²) in [6.07, 6.45) is 3.98. The van der Waals surface area contributed by atoms with Crippen LogP contribution in [0.5, 0.6) is 11.5 Å². The van der Waals surface area contributed by atoms with Crippen LogP contribution >= 0.6 is 24.2 Å². The first-order chi connectivity index (χ1) is 10.3. The number of piperidine rings is 1. The zero-order valence-corrected chi connectivity index (χ0v) is 14.1. The van der Waals surface area contributed by atoms with E-state index >= 15 is 0 Å². The van der Waals surface area contributed by atoms with Crippen LogP contribution in [-0.4, -0.2) is 38.5 Å². The van der Waals surface area contributed by atoms with Gasteiger partial charge in [0.1, 0.15) is 13.2 Å². The van der Waals surface area contributed by atoms with Crippen molar-refractivity contribution in [2.75, 3.05) is 37.9 Å². The molecule has 0 aliphatic carbocycles. The molecular formula is C15H21ClN2O3S. The quantitative estimate of drug-likeness (QED) is 0.825. The lowest BCUT2D eigenvalue weighted by Gasteiger charge is -2.24. The average molecular weight is 345 g/mol. The van der Waals surface area contributed by atoms with Gasteiger partial charge in [0.15, 0.2) is 11.5 Å². The summed E-state index contributed by atoms with van der Waals surface area (Å²) in [5.74, 6) is 1.58. The van der Waals surface area contributed by atoms with Crippen LogP contribution in [0.15, 0.2) is 17.0 Å². The number of nitrogens with one attached hydrogen (secondary N) is 2. The fraction of sp³-hybridized carbons (Fsp3) is 0.533. The molecule has 2 aliphatic heterocycles. The van der Waals surface area contributed by atoms with Gasteiger partial charge in [-0.1, -0.05) is 0 Å². The van der Waals surface area contributed by atoms with Gasteiger partial charge in [-0.25, -0.2) is 0 Å². The number of halogens is 1. The van der Waals surface area contributed by atoms with Gasteiger partial charge in [-0.15, -0.1) is 24.2 Å². The molecule has 2 aliphatic rings. The van der Waals surface area contributed by atoms with Crippen molar-refractivity contribution in [3.8, 4) is 11.5 Å². The maximum atomic E-state index is 12.4. The highest BCUT2D eigenvalue weighted by Gasteiger charge is 2.23. The van der Waals surface area contributed by atoms with Gasteiger partial charge in [0, 0.05) is 17.5 Å². The van der Waals surface area contributed by atoms with Crippen molar-refractivity contribution in [2.45, 2.75) is 17.7 Å². The largest absolute Gasteiger partial charge is 0.486 e. The first kappa shape index (κ1) is 17.2. The molecule has 0 radical (unpaired) electrons. The summed E-state index contributed by atoms with van der Waals surface area (Å²) in [7, 11) is 0. The highest BCUT2D eigenvalue weighted by molar-refractivity contribution is 7.98. The minimum absolute atomic E-state index is 0. The second-order valence-electron chi connectivity index (χ2n) is 5.23. The summed E-state index contributed by atoms with van der Waals surface area (Å²) in [5, 5.41) is 6.32. The predicted octanol–water partition coefficient (Wildman–Crippen LogP) is 2.54. The summed E-state index contributed by atoms with van der Waals surface area (Å²) >= 11 is 1.59. The van der Waals surface area contributed by atoms with Gasteiger partial charge >= 0.3 is 0 Å². The molecule has 3 rings (SSSR count). The Hall–Kier alpha value is -1.11. The Bertz CT molecular complexity index is 536. The van der Waals surface area contributed by atoms with Crippen molar-refractivity contribution >= 4 is 35.8 Å². The molecule has 7 heteroatoms. The Labute approximate surface area is 140 Å². The maximum Gasteiger partial charge on any atom is 0.228 e. The first-order valence-corrected chi connectivity index (χ1v) is 8.49. The molecular weight excluding hydrogens is 324 g/mol. The van der Waals surface area contributed by atoms with E-state index in [-0.39, 0.29) is 24.2 Å². The molecule has 0 spiro atoms. The Morgan fingerprint density at radius 1 is 1.32 bits per heavy atom. The van der Waals surface area contributed by atoms with Crippen LogP contribution in [0.3, 0.4) is 0 Å². The van der Waals surface area contributed by atoms with E-state index in [1.54, 1.807) is 11.8 Å². The van der Waals surface area contributed by atoms with Gasteiger partial charge in [-0.2, -0.15) is 0 Å². The van der Waals surface area contributed by atoms with E-state index in [4.69, 9.17) is 9.47 Å². The third-order valence-electron chi connectivity index (χ3n) is 3.79. The van der Waals surface area contributed by atoms with E-state index in [9.17, 15) is 4.79 Å². The third-order valence-corrected chi connectivity index (χ3v) is 4.57. The molecule has 0 aromatic heterocycles. The van der Waals surface area contributed by atoms with Crippen LogP contribution in [-0.2, 0) is 4.79 Å². The minimum atomic E-state index is 0. The molecule has 1 fully saturated rings. The number of carbonyl (C=O) groups is 1. The first-order valence-electron chi connectivity index (χ1n) is 7.27. The minimum Gasteiger partial charge on any atom is -0.486 e. The smallest absolute Gasteiger partial charge is 0.228 e. The number of benzene rings is 1. The standard InChI is InChI=1S/C15H20N2O3S.ClH/c1-21-14-8-13-12(19-5-6-20-13)7-11(14)17-15(18)10-3-2-4-16-9-10;/h7-8,10,16H,2-6,9H2,1H3,(H,17,18);1H. The third kappa shape index (κ3) is 3.80. The summed E-state index contributed by atoms with van der Waals surface area (Å²) in [4.78, 5) is 13.4. The number of fused-ring (bicyclic) bond motifs is 1. The summed E-state index contributed by atoms with van der Waals surface area (Å²) in [6, 6.07) is 3.81. The van der Waals surface area contributed by atoms with E-state index in [1.165, 1.54) is 0 Å². The molecule has 5 nitrogen and oxygen atoms in total. The lowest BCUT2D eigenvalue weighted by molar-refractivity contribution is -0.120. The zero-order chi connectivity index (χ0) is 14.7. The molecule has 1 amide bonds. The van der Waals surface area contributed by atoms with Crippen LogP contribution in [0.25, 0.3) is 0 Å². The molecule has 1 saturated heterocycles. The van der Waals surface area contributed by atoms with E-state index < -0.39 is 0 Å². The number of amides is 1. The molecule has 1 aromatic carbocycles. The number of anilines is 1. The van der Waals surface area contributed by atoms with E-state index in [0.717, 1.165) is 42.3 Å². The van der Waals surface area contributed by atoms with Gasteiger partial charge in [0.2, 0.25) is 5.91 Å². The molecule has 2 heterocycles. The monoisotopic (exact) mass is 344 g/mol. The lowest BCUT2D eigenvalue weighted by Crippen LogP contribution is -2.37. The van der Waals surface area contributed by atoms with Crippen molar-refractivity contribution in [3.63, 3.8) is 0 Å². The van der Waals surface area contributed by atoms with Crippen molar-refractivity contribution in [1.29, 1.82) is 0 Å². The van der Waals surface area contributed by atoms with Crippen LogP contribution in [0, 0.1) is 5.92 Å². The number of thioether (sulfide) groups is 1. The predicted molar refractivity (Wildman–Crippen MR) is 90.7 cm³/mol. The zero-order valence-electron chi connectivity index (χ0n) is 12.5. The molecule has 0 bridgehead atoms. The molecule has 2 N–H and O–H groups in total. The Balaban J connectivity index is 0.00000176. The van der Waals surface area contributed by atoms with Crippen molar-refractivity contribution in [2.24, 2.45) is 5.92 Å². The topological polar surface area (TPSA) is 59.6 Å². The van der Waals surface area contributed by atoms with Crippen LogP contribution in [0.2, 0.25) is 0 Å². The number of hydrogen-bond donors (Lipinski definition) is 2. The molecule has 22 heavy (non-hydrogen) atoms. The Kier molecular flexibility index (Phi) is 6.23. The van der Waals surface area contributed by atoms with Crippen LogP contribution in [0.4, 0.5) is 5.69 Å². The Morgan fingerprint density at radius 2 is 2.05 bits per heavy atom. The second kappa shape index (κ2) is 7.94. The maximum absolute atomic E-state index is 12.4. The van der Waals surface area contributed by atoms with Gasteiger partial charge in [0.25, 0.3) is 0 Å². The van der Waals surface area contributed by atoms with Crippen LogP contribution in [0.1, 0.15) is 12.8 Å². The second-order valence-corrected chi connectivity index (χ2v) is 6.08. The molecule has 1 unspecified atom stereocenters. The van der Waals surface area contributed by atoms with Gasteiger partial charge in [-0.3, -0.25) is 4.79 Å². The summed E-state index contributed by atoms with van der Waals surface area (Å²) < 4.78 is 11.2. The summed E-state index contributed by atoms with van der Waals surface area (Å²) in [5.41, 5.74) is 0.808. The number of rotatable bonds is 3. The number of ether oxygens (including phenoxy) is 2.